The third-order valence-electron chi connectivity index (χ3n) is 2.79. The molecule has 1 atom stereocenters. The fourth-order valence-electron chi connectivity index (χ4n) is 1.83. The van der Waals surface area contributed by atoms with E-state index in [4.69, 9.17) is 13.9 Å². The van der Waals surface area contributed by atoms with Gasteiger partial charge in [0.25, 0.3) is 0 Å². The van der Waals surface area contributed by atoms with Crippen molar-refractivity contribution in [1.82, 2.24) is 0 Å². The SMILES string of the molecule is CC1(c2cc3ccccc3o2)COCO1. The molecule has 15 heavy (non-hydrogen) atoms. The lowest BCUT2D eigenvalue weighted by Gasteiger charge is -2.17. The van der Waals surface area contributed by atoms with E-state index in [0.29, 0.717) is 13.4 Å². The van der Waals surface area contributed by atoms with Gasteiger partial charge >= 0.3 is 0 Å². The summed E-state index contributed by atoms with van der Waals surface area (Å²) in [5.74, 6) is 0.834. The third kappa shape index (κ3) is 1.35. The molecule has 3 heteroatoms. The van der Waals surface area contributed by atoms with E-state index in [1.807, 2.05) is 37.3 Å². The minimum Gasteiger partial charge on any atom is -0.458 e. The Kier molecular flexibility index (Phi) is 1.84. The molecule has 2 aromatic rings. The van der Waals surface area contributed by atoms with Gasteiger partial charge < -0.3 is 13.9 Å². The quantitative estimate of drug-likeness (QED) is 0.715. The molecule has 1 aliphatic rings. The number of rotatable bonds is 1. The maximum Gasteiger partial charge on any atom is 0.149 e. The van der Waals surface area contributed by atoms with Crippen LogP contribution in [0.2, 0.25) is 0 Å². The summed E-state index contributed by atoms with van der Waals surface area (Å²) in [7, 11) is 0. The van der Waals surface area contributed by atoms with Crippen LogP contribution in [-0.4, -0.2) is 13.4 Å². The summed E-state index contributed by atoms with van der Waals surface area (Å²) in [5.41, 5.74) is 0.461. The topological polar surface area (TPSA) is 31.6 Å². The number of fused-ring (bicyclic) bond motifs is 1. The van der Waals surface area contributed by atoms with E-state index < -0.39 is 5.60 Å². The highest BCUT2D eigenvalue weighted by atomic mass is 16.7. The molecule has 0 spiro atoms. The minimum atomic E-state index is -0.432. The van der Waals surface area contributed by atoms with Crippen LogP contribution < -0.4 is 0 Å². The highest BCUT2D eigenvalue weighted by Gasteiger charge is 2.36. The van der Waals surface area contributed by atoms with Crippen molar-refractivity contribution >= 4 is 11.0 Å². The van der Waals surface area contributed by atoms with Gasteiger partial charge in [0.1, 0.15) is 23.7 Å². The Balaban J connectivity index is 2.11. The Labute approximate surface area is 87.6 Å². The first-order valence-electron chi connectivity index (χ1n) is 4.99. The van der Waals surface area contributed by atoms with Crippen LogP contribution in [0.4, 0.5) is 0 Å². The first kappa shape index (κ1) is 8.95. The standard InChI is InChI=1S/C12H12O3/c1-12(7-13-8-14-12)11-6-9-4-2-3-5-10(9)15-11/h2-6H,7-8H2,1H3. The van der Waals surface area contributed by atoms with Gasteiger partial charge in [-0.1, -0.05) is 18.2 Å². The second kappa shape index (κ2) is 3.08. The summed E-state index contributed by atoms with van der Waals surface area (Å²) in [6, 6.07) is 9.96. The number of para-hydroxylation sites is 1. The normalized spacial score (nSPS) is 26.2. The van der Waals surface area contributed by atoms with Crippen molar-refractivity contribution < 1.29 is 13.9 Å². The number of hydrogen-bond acceptors (Lipinski definition) is 3. The first-order valence-corrected chi connectivity index (χ1v) is 4.99. The van der Waals surface area contributed by atoms with Crippen LogP contribution in [0.5, 0.6) is 0 Å². The Bertz CT molecular complexity index is 447. The van der Waals surface area contributed by atoms with E-state index in [-0.39, 0.29) is 0 Å². The van der Waals surface area contributed by atoms with Crippen LogP contribution in [0, 0.1) is 0 Å². The van der Waals surface area contributed by atoms with Gasteiger partial charge in [0.15, 0.2) is 0 Å². The molecule has 78 valence electrons. The molecule has 1 saturated heterocycles. The molecule has 1 aliphatic heterocycles. The van der Waals surface area contributed by atoms with Gasteiger partial charge in [0.05, 0.1) is 6.61 Å². The fraction of sp³-hybridized carbons (Fsp3) is 0.333. The molecule has 1 aromatic heterocycles. The van der Waals surface area contributed by atoms with Gasteiger partial charge in [-0.05, 0) is 19.1 Å². The molecule has 0 bridgehead atoms. The van der Waals surface area contributed by atoms with Crippen molar-refractivity contribution in [2.45, 2.75) is 12.5 Å². The van der Waals surface area contributed by atoms with Gasteiger partial charge in [-0.3, -0.25) is 0 Å². The van der Waals surface area contributed by atoms with Crippen molar-refractivity contribution in [2.24, 2.45) is 0 Å². The van der Waals surface area contributed by atoms with E-state index >= 15 is 0 Å². The average Bonchev–Trinajstić information content (AvgIpc) is 2.84. The number of furan rings is 1. The van der Waals surface area contributed by atoms with Gasteiger partial charge in [-0.25, -0.2) is 0 Å². The molecule has 2 heterocycles. The molecule has 0 saturated carbocycles. The zero-order valence-electron chi connectivity index (χ0n) is 8.53. The lowest BCUT2D eigenvalue weighted by Crippen LogP contribution is -2.22. The third-order valence-corrected chi connectivity index (χ3v) is 2.79. The highest BCUT2D eigenvalue weighted by molar-refractivity contribution is 5.77. The summed E-state index contributed by atoms with van der Waals surface area (Å²) in [6.07, 6.45) is 0. The number of benzene rings is 1. The summed E-state index contributed by atoms with van der Waals surface area (Å²) < 4.78 is 16.5. The van der Waals surface area contributed by atoms with Gasteiger partial charge in [0.2, 0.25) is 0 Å². The summed E-state index contributed by atoms with van der Waals surface area (Å²) in [6.45, 7) is 2.87. The molecule has 3 rings (SSSR count). The second-order valence-corrected chi connectivity index (χ2v) is 3.99. The van der Waals surface area contributed by atoms with Crippen molar-refractivity contribution in [3.8, 4) is 0 Å². The molecule has 0 radical (unpaired) electrons. The van der Waals surface area contributed by atoms with E-state index in [2.05, 4.69) is 0 Å². The maximum atomic E-state index is 5.75. The van der Waals surface area contributed by atoms with Crippen LogP contribution in [-0.2, 0) is 15.1 Å². The second-order valence-electron chi connectivity index (χ2n) is 3.99. The summed E-state index contributed by atoms with van der Waals surface area (Å²) >= 11 is 0. The first-order chi connectivity index (χ1) is 7.28. The smallest absolute Gasteiger partial charge is 0.149 e. The van der Waals surface area contributed by atoms with Gasteiger partial charge in [0, 0.05) is 5.39 Å². The zero-order valence-corrected chi connectivity index (χ0v) is 8.53. The number of hydrogen-bond donors (Lipinski definition) is 0. The van der Waals surface area contributed by atoms with Crippen molar-refractivity contribution in [3.63, 3.8) is 0 Å². The molecule has 0 N–H and O–H groups in total. The van der Waals surface area contributed by atoms with Crippen molar-refractivity contribution in [1.29, 1.82) is 0 Å². The molecule has 3 nitrogen and oxygen atoms in total. The molecule has 1 fully saturated rings. The van der Waals surface area contributed by atoms with Gasteiger partial charge in [-0.15, -0.1) is 0 Å². The molecular formula is C12H12O3. The molecule has 1 aromatic carbocycles. The molecule has 1 unspecified atom stereocenters. The zero-order chi connectivity index (χ0) is 10.3. The Hall–Kier alpha value is -1.32. The monoisotopic (exact) mass is 204 g/mol. The van der Waals surface area contributed by atoms with Crippen LogP contribution in [0.3, 0.4) is 0 Å². The minimum absolute atomic E-state index is 0.341. The summed E-state index contributed by atoms with van der Waals surface area (Å²) in [5, 5.41) is 1.10. The lowest BCUT2D eigenvalue weighted by atomic mass is 10.1. The molecule has 0 aliphatic carbocycles. The predicted octanol–water partition coefficient (Wildman–Crippen LogP) is 2.65. The van der Waals surface area contributed by atoms with Crippen molar-refractivity contribution in [3.05, 3.63) is 36.1 Å². The van der Waals surface area contributed by atoms with Gasteiger partial charge in [-0.2, -0.15) is 0 Å². The predicted molar refractivity (Wildman–Crippen MR) is 55.5 cm³/mol. The molecular weight excluding hydrogens is 192 g/mol. The maximum absolute atomic E-state index is 5.75. The average molecular weight is 204 g/mol. The largest absolute Gasteiger partial charge is 0.458 e. The van der Waals surface area contributed by atoms with E-state index in [0.717, 1.165) is 16.7 Å². The summed E-state index contributed by atoms with van der Waals surface area (Å²) in [4.78, 5) is 0. The van der Waals surface area contributed by atoms with E-state index in [1.54, 1.807) is 0 Å². The Morgan fingerprint density at radius 1 is 1.27 bits per heavy atom. The highest BCUT2D eigenvalue weighted by Crippen LogP contribution is 2.33. The van der Waals surface area contributed by atoms with Crippen molar-refractivity contribution in [2.75, 3.05) is 13.4 Å². The van der Waals surface area contributed by atoms with Crippen LogP contribution in [0.15, 0.2) is 34.7 Å². The Morgan fingerprint density at radius 3 is 2.87 bits per heavy atom. The van der Waals surface area contributed by atoms with E-state index in [1.165, 1.54) is 0 Å². The van der Waals surface area contributed by atoms with E-state index in [9.17, 15) is 0 Å². The van der Waals surface area contributed by atoms with Crippen LogP contribution in [0.25, 0.3) is 11.0 Å². The Morgan fingerprint density at radius 2 is 2.13 bits per heavy atom. The lowest BCUT2D eigenvalue weighted by molar-refractivity contribution is -0.0114. The van der Waals surface area contributed by atoms with Crippen LogP contribution in [0.1, 0.15) is 12.7 Å². The number of ether oxygens (including phenoxy) is 2. The van der Waals surface area contributed by atoms with Crippen LogP contribution >= 0.6 is 0 Å². The fourth-order valence-corrected chi connectivity index (χ4v) is 1.83. The molecule has 0 amide bonds.